The van der Waals surface area contributed by atoms with Crippen LogP contribution in [0.5, 0.6) is 11.6 Å². The lowest BCUT2D eigenvalue weighted by Crippen LogP contribution is -2.11. The molecule has 31 heavy (non-hydrogen) atoms. The average Bonchev–Trinajstić information content (AvgIpc) is 3.23. The number of nitrogens with one attached hydrogen (secondary N) is 1. The second kappa shape index (κ2) is 7.51. The molecule has 3 heterocycles. The van der Waals surface area contributed by atoms with E-state index in [0.717, 1.165) is 21.1 Å². The quantitative estimate of drug-likeness (QED) is 0.418. The minimum atomic E-state index is -0.295. The predicted molar refractivity (Wildman–Crippen MR) is 121 cm³/mol. The fourth-order valence-electron chi connectivity index (χ4n) is 3.41. The summed E-state index contributed by atoms with van der Waals surface area (Å²) >= 11 is 3.43. The molecule has 1 N–H and O–H groups in total. The van der Waals surface area contributed by atoms with Crippen molar-refractivity contribution >= 4 is 37.9 Å². The monoisotopic (exact) mass is 477 g/mol. The van der Waals surface area contributed by atoms with E-state index in [0.29, 0.717) is 34.1 Å². The molecule has 0 spiro atoms. The van der Waals surface area contributed by atoms with Gasteiger partial charge in [0.15, 0.2) is 5.65 Å². The van der Waals surface area contributed by atoms with Crippen LogP contribution in [0.2, 0.25) is 0 Å². The summed E-state index contributed by atoms with van der Waals surface area (Å²) in [6, 6.07) is 15.0. The molecule has 0 amide bonds. The molecule has 0 unspecified atom stereocenters. The van der Waals surface area contributed by atoms with Crippen molar-refractivity contribution in [1.29, 1.82) is 0 Å². The molecule has 0 aliphatic carbocycles. The maximum atomic E-state index is 12.8. The lowest BCUT2D eigenvalue weighted by molar-refractivity contribution is 0.401. The van der Waals surface area contributed by atoms with Gasteiger partial charge in [0.05, 0.1) is 37.2 Å². The van der Waals surface area contributed by atoms with E-state index in [-0.39, 0.29) is 5.56 Å². The zero-order valence-corrected chi connectivity index (χ0v) is 18.2. The number of methoxy groups -OCH3 is 2. The number of rotatable bonds is 4. The van der Waals surface area contributed by atoms with Gasteiger partial charge in [-0.15, -0.1) is 0 Å². The van der Waals surface area contributed by atoms with Crippen LogP contribution in [0, 0.1) is 0 Å². The van der Waals surface area contributed by atoms with Gasteiger partial charge in [-0.1, -0.05) is 15.9 Å². The Labute approximate surface area is 184 Å². The van der Waals surface area contributed by atoms with E-state index in [2.05, 4.69) is 31.0 Å². The Morgan fingerprint density at radius 2 is 1.81 bits per heavy atom. The van der Waals surface area contributed by atoms with E-state index < -0.39 is 0 Å². The zero-order chi connectivity index (χ0) is 21.5. The van der Waals surface area contributed by atoms with Crippen LogP contribution in [-0.2, 0) is 0 Å². The highest BCUT2D eigenvalue weighted by Gasteiger charge is 2.17. The maximum absolute atomic E-state index is 12.8. The molecular formula is C22H16BrN5O3. The van der Waals surface area contributed by atoms with Crippen molar-refractivity contribution in [3.63, 3.8) is 0 Å². The number of hydrogen-bond donors (Lipinski definition) is 1. The number of H-pyrrole nitrogens is 1. The lowest BCUT2D eigenvalue weighted by Gasteiger charge is -2.10. The van der Waals surface area contributed by atoms with Crippen molar-refractivity contribution in [3.05, 3.63) is 69.6 Å². The van der Waals surface area contributed by atoms with Crippen LogP contribution in [-0.4, -0.2) is 39.0 Å². The van der Waals surface area contributed by atoms with Crippen LogP contribution >= 0.6 is 15.9 Å². The number of fused-ring (bicyclic) bond motifs is 2. The molecule has 0 saturated carbocycles. The zero-order valence-electron chi connectivity index (χ0n) is 16.6. The van der Waals surface area contributed by atoms with Crippen LogP contribution in [0.1, 0.15) is 0 Å². The highest BCUT2D eigenvalue weighted by molar-refractivity contribution is 9.10. The minimum Gasteiger partial charge on any atom is -0.497 e. The third kappa shape index (κ3) is 3.32. The SMILES string of the molecule is COc1ccc2nc(OC)c(-c3nc4c(cnn4-c4ccc(Br)cc4)c(=O)[nH]3)cc2c1. The van der Waals surface area contributed by atoms with Crippen LogP contribution < -0.4 is 15.0 Å². The Kier molecular flexibility index (Phi) is 4.67. The minimum absolute atomic E-state index is 0.295. The first-order valence-corrected chi connectivity index (χ1v) is 10.1. The molecule has 0 bridgehead atoms. The van der Waals surface area contributed by atoms with E-state index in [4.69, 9.17) is 14.5 Å². The fraction of sp³-hybridized carbons (Fsp3) is 0.0909. The summed E-state index contributed by atoms with van der Waals surface area (Å²) in [5.74, 6) is 1.40. The van der Waals surface area contributed by atoms with E-state index in [1.165, 1.54) is 13.3 Å². The molecule has 0 radical (unpaired) electrons. The fourth-order valence-corrected chi connectivity index (χ4v) is 3.67. The molecule has 3 aromatic heterocycles. The summed E-state index contributed by atoms with van der Waals surface area (Å²) in [6.07, 6.45) is 1.51. The summed E-state index contributed by atoms with van der Waals surface area (Å²) < 4.78 is 13.4. The van der Waals surface area contributed by atoms with Gasteiger partial charge in [0.2, 0.25) is 5.88 Å². The molecule has 2 aromatic carbocycles. The first kappa shape index (κ1) is 19.3. The molecule has 8 nitrogen and oxygen atoms in total. The third-order valence-electron chi connectivity index (χ3n) is 4.94. The second-order valence-corrected chi connectivity index (χ2v) is 7.70. The number of halogens is 1. The van der Waals surface area contributed by atoms with Gasteiger partial charge in [-0.3, -0.25) is 4.79 Å². The van der Waals surface area contributed by atoms with Crippen LogP contribution in [0.3, 0.4) is 0 Å². The van der Waals surface area contributed by atoms with Crippen molar-refractivity contribution in [3.8, 4) is 28.7 Å². The Bertz CT molecular complexity index is 1490. The van der Waals surface area contributed by atoms with E-state index in [9.17, 15) is 4.79 Å². The van der Waals surface area contributed by atoms with E-state index >= 15 is 0 Å². The van der Waals surface area contributed by atoms with Crippen molar-refractivity contribution in [1.82, 2.24) is 24.7 Å². The number of pyridine rings is 1. The van der Waals surface area contributed by atoms with Gasteiger partial charge in [0.1, 0.15) is 17.0 Å². The summed E-state index contributed by atoms with van der Waals surface area (Å²) in [5.41, 5.74) is 2.23. The van der Waals surface area contributed by atoms with Gasteiger partial charge < -0.3 is 14.5 Å². The number of nitrogens with zero attached hydrogens (tertiary/aromatic N) is 4. The van der Waals surface area contributed by atoms with Crippen molar-refractivity contribution in [2.75, 3.05) is 14.2 Å². The number of aromatic nitrogens is 5. The van der Waals surface area contributed by atoms with Crippen LogP contribution in [0.25, 0.3) is 39.0 Å². The molecule has 0 fully saturated rings. The molecule has 0 aliphatic rings. The van der Waals surface area contributed by atoms with E-state index in [1.807, 2.05) is 48.5 Å². The summed E-state index contributed by atoms with van der Waals surface area (Å²) in [6.45, 7) is 0. The normalized spacial score (nSPS) is 11.2. The van der Waals surface area contributed by atoms with Gasteiger partial charge in [-0.25, -0.2) is 14.6 Å². The average molecular weight is 478 g/mol. The maximum Gasteiger partial charge on any atom is 0.262 e. The standard InChI is InChI=1S/C22H16BrN5O3/c1-30-15-7-8-18-12(9-15)10-16(22(25-18)31-2)19-26-20-17(21(29)27-19)11-24-28(20)14-5-3-13(23)4-6-14/h3-11H,1-2H3,(H,26,27,29). The van der Waals surface area contributed by atoms with Crippen LogP contribution in [0.15, 0.2) is 64.0 Å². The molecule has 0 aliphatic heterocycles. The first-order valence-electron chi connectivity index (χ1n) is 9.34. The largest absolute Gasteiger partial charge is 0.497 e. The van der Waals surface area contributed by atoms with Gasteiger partial charge in [-0.2, -0.15) is 5.10 Å². The molecule has 5 rings (SSSR count). The Morgan fingerprint density at radius 3 is 2.55 bits per heavy atom. The van der Waals surface area contributed by atoms with Gasteiger partial charge in [-0.05, 0) is 48.5 Å². The number of aromatic amines is 1. The summed E-state index contributed by atoms with van der Waals surface area (Å²) in [7, 11) is 3.14. The lowest BCUT2D eigenvalue weighted by atomic mass is 10.1. The molecule has 5 aromatic rings. The van der Waals surface area contributed by atoms with E-state index in [1.54, 1.807) is 11.8 Å². The topological polar surface area (TPSA) is 94.9 Å². The predicted octanol–water partition coefficient (Wildman–Crippen LogP) is 4.10. The van der Waals surface area contributed by atoms with Crippen molar-refractivity contribution < 1.29 is 9.47 Å². The number of ether oxygens (including phenoxy) is 2. The molecular weight excluding hydrogens is 462 g/mol. The highest BCUT2D eigenvalue weighted by Crippen LogP contribution is 2.31. The smallest absolute Gasteiger partial charge is 0.262 e. The summed E-state index contributed by atoms with van der Waals surface area (Å²) in [5, 5.41) is 5.58. The Balaban J connectivity index is 1.74. The molecule has 0 saturated heterocycles. The number of hydrogen-bond acceptors (Lipinski definition) is 6. The van der Waals surface area contributed by atoms with Gasteiger partial charge in [0, 0.05) is 9.86 Å². The first-order chi connectivity index (χ1) is 15.1. The van der Waals surface area contributed by atoms with Gasteiger partial charge in [0.25, 0.3) is 5.56 Å². The Morgan fingerprint density at radius 1 is 1.00 bits per heavy atom. The van der Waals surface area contributed by atoms with Crippen molar-refractivity contribution in [2.45, 2.75) is 0 Å². The molecule has 154 valence electrons. The van der Waals surface area contributed by atoms with Crippen LogP contribution in [0.4, 0.5) is 0 Å². The number of benzene rings is 2. The summed E-state index contributed by atoms with van der Waals surface area (Å²) in [4.78, 5) is 24.9. The molecule has 0 atom stereocenters. The molecule has 9 heteroatoms. The second-order valence-electron chi connectivity index (χ2n) is 6.79. The Hall–Kier alpha value is -3.72. The van der Waals surface area contributed by atoms with Gasteiger partial charge >= 0.3 is 0 Å². The highest BCUT2D eigenvalue weighted by atomic mass is 79.9. The van der Waals surface area contributed by atoms with Crippen molar-refractivity contribution in [2.24, 2.45) is 0 Å². The third-order valence-corrected chi connectivity index (χ3v) is 5.47.